The Hall–Kier alpha value is -0.360. The molecule has 118 valence electrons. The molecule has 4 unspecified atom stereocenters. The molecular weight excluding hydrogens is 302 g/mol. The van der Waals surface area contributed by atoms with Gasteiger partial charge in [-0.15, -0.1) is 0 Å². The number of rotatable bonds is 6. The Bertz CT molecular complexity index is 444. The molecule has 0 bridgehead atoms. The van der Waals surface area contributed by atoms with Crippen molar-refractivity contribution in [1.29, 1.82) is 0 Å². The molecule has 2 N–H and O–H groups in total. The maximum atomic E-state index is 6.54. The molecule has 0 radical (unpaired) electrons. The molecule has 1 aromatic rings. The summed E-state index contributed by atoms with van der Waals surface area (Å²) in [6.07, 6.45) is 0. The van der Waals surface area contributed by atoms with E-state index in [2.05, 4.69) is 19.9 Å². The second-order valence-corrected chi connectivity index (χ2v) is 8.35. The normalized spacial score (nSPS) is 27.3. The standard InChI is InChI=1S/C16H25NO2S2/c1-11-12(2)21-15(10-20-11)16(17)13-6-4-5-7-14(13)19-9-8-18-3/h4-7,11-12,15-16H,8-10,17H2,1-3H3. The van der Waals surface area contributed by atoms with Gasteiger partial charge in [0.25, 0.3) is 0 Å². The smallest absolute Gasteiger partial charge is 0.124 e. The number of hydrogen-bond donors (Lipinski definition) is 1. The van der Waals surface area contributed by atoms with Gasteiger partial charge in [-0.2, -0.15) is 23.5 Å². The van der Waals surface area contributed by atoms with Crippen molar-refractivity contribution in [3.63, 3.8) is 0 Å². The minimum Gasteiger partial charge on any atom is -0.491 e. The summed E-state index contributed by atoms with van der Waals surface area (Å²) in [4.78, 5) is 0. The van der Waals surface area contributed by atoms with Crippen LogP contribution in [0.2, 0.25) is 0 Å². The van der Waals surface area contributed by atoms with Gasteiger partial charge in [0.1, 0.15) is 12.4 Å². The minimum absolute atomic E-state index is 0.0104. The maximum absolute atomic E-state index is 6.54. The monoisotopic (exact) mass is 327 g/mol. The number of para-hydroxylation sites is 1. The third-order valence-electron chi connectivity index (χ3n) is 3.80. The van der Waals surface area contributed by atoms with Gasteiger partial charge in [-0.3, -0.25) is 0 Å². The molecule has 1 aromatic carbocycles. The predicted octanol–water partition coefficient (Wildman–Crippen LogP) is 3.34. The molecule has 0 aromatic heterocycles. The van der Waals surface area contributed by atoms with Gasteiger partial charge in [-0.05, 0) is 6.07 Å². The van der Waals surface area contributed by atoms with Crippen molar-refractivity contribution in [2.75, 3.05) is 26.1 Å². The molecule has 1 aliphatic rings. The summed E-state index contributed by atoms with van der Waals surface area (Å²) in [6, 6.07) is 8.12. The second-order valence-electron chi connectivity index (χ2n) is 5.32. The molecule has 4 atom stereocenters. The maximum Gasteiger partial charge on any atom is 0.124 e. The lowest BCUT2D eigenvalue weighted by molar-refractivity contribution is 0.145. The number of ether oxygens (including phenoxy) is 2. The zero-order chi connectivity index (χ0) is 15.2. The Morgan fingerprint density at radius 2 is 2.00 bits per heavy atom. The highest BCUT2D eigenvalue weighted by atomic mass is 32.2. The molecule has 0 spiro atoms. The second kappa shape index (κ2) is 8.32. The first kappa shape index (κ1) is 17.0. The third kappa shape index (κ3) is 4.55. The molecule has 2 rings (SSSR count). The van der Waals surface area contributed by atoms with E-state index in [1.54, 1.807) is 7.11 Å². The van der Waals surface area contributed by atoms with E-state index in [9.17, 15) is 0 Å². The lowest BCUT2D eigenvalue weighted by Gasteiger charge is -2.35. The van der Waals surface area contributed by atoms with Gasteiger partial charge in [0.05, 0.1) is 6.61 Å². The lowest BCUT2D eigenvalue weighted by Crippen LogP contribution is -2.34. The fourth-order valence-electron chi connectivity index (χ4n) is 2.32. The van der Waals surface area contributed by atoms with Gasteiger partial charge in [0.2, 0.25) is 0 Å². The van der Waals surface area contributed by atoms with Gasteiger partial charge in [0, 0.05) is 40.2 Å². The Labute approximate surface area is 136 Å². The number of methoxy groups -OCH3 is 1. The Morgan fingerprint density at radius 1 is 1.24 bits per heavy atom. The van der Waals surface area contributed by atoms with Crippen molar-refractivity contribution in [3.8, 4) is 5.75 Å². The summed E-state index contributed by atoms with van der Waals surface area (Å²) in [6.45, 7) is 5.74. The Morgan fingerprint density at radius 3 is 2.71 bits per heavy atom. The van der Waals surface area contributed by atoms with Crippen LogP contribution in [0.3, 0.4) is 0 Å². The van der Waals surface area contributed by atoms with Crippen molar-refractivity contribution >= 4 is 23.5 Å². The van der Waals surface area contributed by atoms with Crippen molar-refractivity contribution in [2.45, 2.75) is 35.6 Å². The van der Waals surface area contributed by atoms with Crippen molar-refractivity contribution in [3.05, 3.63) is 29.8 Å². The molecular formula is C16H25NO2S2. The van der Waals surface area contributed by atoms with Crippen LogP contribution >= 0.6 is 23.5 Å². The van der Waals surface area contributed by atoms with Gasteiger partial charge < -0.3 is 15.2 Å². The van der Waals surface area contributed by atoms with Gasteiger partial charge >= 0.3 is 0 Å². The summed E-state index contributed by atoms with van der Waals surface area (Å²) in [5, 5.41) is 1.78. The van der Waals surface area contributed by atoms with Crippen molar-refractivity contribution < 1.29 is 9.47 Å². The van der Waals surface area contributed by atoms with Crippen LogP contribution in [0.15, 0.2) is 24.3 Å². The topological polar surface area (TPSA) is 44.5 Å². The molecule has 0 saturated carbocycles. The molecule has 5 heteroatoms. The summed E-state index contributed by atoms with van der Waals surface area (Å²) in [7, 11) is 1.68. The predicted molar refractivity (Wildman–Crippen MR) is 93.5 cm³/mol. The van der Waals surface area contributed by atoms with Crippen LogP contribution in [0, 0.1) is 0 Å². The van der Waals surface area contributed by atoms with Gasteiger partial charge in [-0.25, -0.2) is 0 Å². The van der Waals surface area contributed by atoms with Gasteiger partial charge in [0.15, 0.2) is 0 Å². The Balaban J connectivity index is 2.06. The highest BCUT2D eigenvalue weighted by Gasteiger charge is 2.31. The third-order valence-corrected chi connectivity index (χ3v) is 7.31. The summed E-state index contributed by atoms with van der Waals surface area (Å²) >= 11 is 4.03. The van der Waals surface area contributed by atoms with Crippen LogP contribution in [0.1, 0.15) is 25.5 Å². The number of benzene rings is 1. The van der Waals surface area contributed by atoms with E-state index in [1.165, 1.54) is 0 Å². The molecule has 1 heterocycles. The highest BCUT2D eigenvalue weighted by Crippen LogP contribution is 2.41. The zero-order valence-electron chi connectivity index (χ0n) is 13.0. The van der Waals surface area contributed by atoms with E-state index in [0.29, 0.717) is 29.0 Å². The molecule has 0 aliphatic carbocycles. The molecule has 1 saturated heterocycles. The number of thioether (sulfide) groups is 2. The van der Waals surface area contributed by atoms with E-state index in [0.717, 1.165) is 17.1 Å². The molecule has 21 heavy (non-hydrogen) atoms. The molecule has 3 nitrogen and oxygen atoms in total. The van der Waals surface area contributed by atoms with Crippen LogP contribution in [0.25, 0.3) is 0 Å². The fraction of sp³-hybridized carbons (Fsp3) is 0.625. The van der Waals surface area contributed by atoms with Crippen LogP contribution in [-0.2, 0) is 4.74 Å². The summed E-state index contributed by atoms with van der Waals surface area (Å²) < 4.78 is 10.9. The van der Waals surface area contributed by atoms with E-state index in [4.69, 9.17) is 15.2 Å². The fourth-order valence-corrected chi connectivity index (χ4v) is 5.36. The van der Waals surface area contributed by atoms with E-state index < -0.39 is 0 Å². The highest BCUT2D eigenvalue weighted by molar-refractivity contribution is 8.07. The van der Waals surface area contributed by atoms with Crippen molar-refractivity contribution in [2.24, 2.45) is 5.73 Å². The minimum atomic E-state index is 0.0104. The van der Waals surface area contributed by atoms with Gasteiger partial charge in [-0.1, -0.05) is 32.0 Å². The zero-order valence-corrected chi connectivity index (χ0v) is 14.6. The average Bonchev–Trinajstić information content (AvgIpc) is 2.50. The average molecular weight is 328 g/mol. The molecule has 1 aliphatic heterocycles. The largest absolute Gasteiger partial charge is 0.491 e. The Kier molecular flexibility index (Phi) is 6.74. The first-order valence-corrected chi connectivity index (χ1v) is 9.36. The lowest BCUT2D eigenvalue weighted by atomic mass is 10.0. The number of nitrogens with two attached hydrogens (primary N) is 1. The first-order valence-electron chi connectivity index (χ1n) is 7.36. The molecule has 1 fully saturated rings. The van der Waals surface area contributed by atoms with E-state index in [1.807, 2.05) is 41.7 Å². The summed E-state index contributed by atoms with van der Waals surface area (Å²) in [5.74, 6) is 1.99. The summed E-state index contributed by atoms with van der Waals surface area (Å²) in [5.41, 5.74) is 7.64. The van der Waals surface area contributed by atoms with E-state index >= 15 is 0 Å². The quantitative estimate of drug-likeness (QED) is 0.812. The van der Waals surface area contributed by atoms with Crippen LogP contribution in [0.4, 0.5) is 0 Å². The first-order chi connectivity index (χ1) is 10.1. The van der Waals surface area contributed by atoms with Crippen LogP contribution in [0.5, 0.6) is 5.75 Å². The SMILES string of the molecule is COCCOc1ccccc1C(N)C1CSC(C)C(C)S1. The van der Waals surface area contributed by atoms with Crippen LogP contribution < -0.4 is 10.5 Å². The van der Waals surface area contributed by atoms with E-state index in [-0.39, 0.29) is 6.04 Å². The number of hydrogen-bond acceptors (Lipinski definition) is 5. The van der Waals surface area contributed by atoms with Crippen molar-refractivity contribution in [1.82, 2.24) is 0 Å². The molecule has 0 amide bonds. The van der Waals surface area contributed by atoms with Crippen LogP contribution in [-0.4, -0.2) is 41.8 Å².